The van der Waals surface area contributed by atoms with Crippen molar-refractivity contribution in [2.75, 3.05) is 39.8 Å². The van der Waals surface area contributed by atoms with Gasteiger partial charge in [-0.2, -0.15) is 4.98 Å². The highest BCUT2D eigenvalue weighted by Gasteiger charge is 2.27. The second-order valence-electron chi connectivity index (χ2n) is 8.17. The smallest absolute Gasteiger partial charge is 0.240 e. The molecule has 1 aliphatic heterocycles. The number of nitrogens with zero attached hydrogens (tertiary/aromatic N) is 5. The van der Waals surface area contributed by atoms with Gasteiger partial charge in [-0.3, -0.25) is 14.6 Å². The molecule has 2 heterocycles. The van der Waals surface area contributed by atoms with Crippen molar-refractivity contribution < 1.29 is 14.1 Å². The minimum Gasteiger partial charge on any atom is -0.371 e. The van der Waals surface area contributed by atoms with Gasteiger partial charge in [0.1, 0.15) is 6.10 Å². The van der Waals surface area contributed by atoms with E-state index in [1.807, 2.05) is 50.9 Å². The van der Waals surface area contributed by atoms with E-state index in [1.54, 1.807) is 0 Å². The summed E-state index contributed by atoms with van der Waals surface area (Å²) in [6, 6.07) is 9.96. The average Bonchev–Trinajstić information content (AvgIpc) is 3.11. The van der Waals surface area contributed by atoms with Crippen LogP contribution in [0.15, 0.2) is 34.9 Å². The molecule has 0 saturated carbocycles. The summed E-state index contributed by atoms with van der Waals surface area (Å²) < 4.78 is 10.9. The van der Waals surface area contributed by atoms with Crippen molar-refractivity contribution in [2.24, 2.45) is 0 Å². The molecule has 1 aliphatic rings. The molecule has 2 atom stereocenters. The van der Waals surface area contributed by atoms with Gasteiger partial charge < -0.3 is 14.2 Å². The topological polar surface area (TPSA) is 74.9 Å². The lowest BCUT2D eigenvalue weighted by atomic mass is 10.2. The van der Waals surface area contributed by atoms with Gasteiger partial charge in [-0.25, -0.2) is 0 Å². The van der Waals surface area contributed by atoms with Crippen LogP contribution in [0.4, 0.5) is 0 Å². The zero-order chi connectivity index (χ0) is 22.2. The molecule has 1 fully saturated rings. The second-order valence-corrected chi connectivity index (χ2v) is 8.17. The molecule has 0 aliphatic carbocycles. The van der Waals surface area contributed by atoms with Crippen molar-refractivity contribution in [1.29, 1.82) is 0 Å². The number of carbonyl (C=O) groups is 1. The summed E-state index contributed by atoms with van der Waals surface area (Å²) in [6.07, 6.45) is 0.831. The molecule has 170 valence electrons. The molecule has 1 aromatic carbocycles. The Morgan fingerprint density at radius 3 is 2.71 bits per heavy atom. The molecule has 0 radical (unpaired) electrons. The fourth-order valence-corrected chi connectivity index (χ4v) is 3.96. The SMILES string of the molecule is CCO[C@@H](C)c1noc(CN2CCCN([C@@H](C)C(=O)N(C)Cc3ccccc3)CC2)n1. The lowest BCUT2D eigenvalue weighted by Gasteiger charge is -2.30. The van der Waals surface area contributed by atoms with Crippen LogP contribution in [0.3, 0.4) is 0 Å². The van der Waals surface area contributed by atoms with Crippen molar-refractivity contribution in [3.63, 3.8) is 0 Å². The first-order valence-corrected chi connectivity index (χ1v) is 11.2. The number of ether oxygens (including phenoxy) is 1. The van der Waals surface area contributed by atoms with E-state index in [4.69, 9.17) is 9.26 Å². The van der Waals surface area contributed by atoms with Gasteiger partial charge in [-0.05, 0) is 39.3 Å². The molecule has 0 bridgehead atoms. The van der Waals surface area contributed by atoms with Crippen LogP contribution in [0.1, 0.15) is 50.6 Å². The Kier molecular flexibility index (Phi) is 8.57. The number of hydrogen-bond donors (Lipinski definition) is 0. The van der Waals surface area contributed by atoms with E-state index in [-0.39, 0.29) is 18.1 Å². The molecule has 1 aromatic heterocycles. The van der Waals surface area contributed by atoms with Crippen molar-refractivity contribution >= 4 is 5.91 Å². The van der Waals surface area contributed by atoms with Crippen LogP contribution in [-0.2, 0) is 22.6 Å². The van der Waals surface area contributed by atoms with Crippen LogP contribution in [0.2, 0.25) is 0 Å². The standard InChI is InChI=1S/C23H35N5O3/c1-5-30-19(3)22-24-21(31-25-22)17-27-12-9-13-28(15-14-27)18(2)23(29)26(4)16-20-10-7-6-8-11-20/h6-8,10-11,18-19H,5,9,12-17H2,1-4H3/t18-,19-/m0/s1. The number of amides is 1. The fourth-order valence-electron chi connectivity index (χ4n) is 3.96. The predicted octanol–water partition coefficient (Wildman–Crippen LogP) is 2.72. The van der Waals surface area contributed by atoms with Gasteiger partial charge in [0.2, 0.25) is 11.8 Å². The third-order valence-electron chi connectivity index (χ3n) is 5.79. The molecule has 3 rings (SSSR count). The summed E-state index contributed by atoms with van der Waals surface area (Å²) >= 11 is 0. The third kappa shape index (κ3) is 6.59. The van der Waals surface area contributed by atoms with Gasteiger partial charge in [0.25, 0.3) is 0 Å². The molecule has 0 unspecified atom stereocenters. The molecular formula is C23H35N5O3. The second kappa shape index (κ2) is 11.4. The minimum atomic E-state index is -0.165. The van der Waals surface area contributed by atoms with E-state index >= 15 is 0 Å². The number of carbonyl (C=O) groups excluding carboxylic acids is 1. The molecule has 1 saturated heterocycles. The minimum absolute atomic E-state index is 0.143. The average molecular weight is 430 g/mol. The highest BCUT2D eigenvalue weighted by molar-refractivity contribution is 5.81. The van der Waals surface area contributed by atoms with Crippen LogP contribution in [0.5, 0.6) is 0 Å². The van der Waals surface area contributed by atoms with Gasteiger partial charge in [0.15, 0.2) is 5.82 Å². The largest absolute Gasteiger partial charge is 0.371 e. The highest BCUT2D eigenvalue weighted by atomic mass is 16.5. The van der Waals surface area contributed by atoms with E-state index in [2.05, 4.69) is 32.1 Å². The Hall–Kier alpha value is -2.29. The van der Waals surface area contributed by atoms with Gasteiger partial charge >= 0.3 is 0 Å². The molecule has 0 N–H and O–H groups in total. The van der Waals surface area contributed by atoms with Crippen molar-refractivity contribution in [3.05, 3.63) is 47.6 Å². The zero-order valence-corrected chi connectivity index (χ0v) is 19.2. The van der Waals surface area contributed by atoms with Crippen molar-refractivity contribution in [2.45, 2.75) is 52.4 Å². The van der Waals surface area contributed by atoms with Gasteiger partial charge in [0, 0.05) is 39.8 Å². The Bertz CT molecular complexity index is 813. The van der Waals surface area contributed by atoms with Crippen LogP contribution < -0.4 is 0 Å². The van der Waals surface area contributed by atoms with E-state index in [9.17, 15) is 4.79 Å². The summed E-state index contributed by atoms with van der Waals surface area (Å²) in [6.45, 7) is 11.3. The quantitative estimate of drug-likeness (QED) is 0.607. The van der Waals surface area contributed by atoms with E-state index in [0.717, 1.165) is 38.2 Å². The number of hydrogen-bond acceptors (Lipinski definition) is 7. The first-order valence-electron chi connectivity index (χ1n) is 11.2. The Morgan fingerprint density at radius 2 is 1.97 bits per heavy atom. The normalized spacial score (nSPS) is 17.8. The zero-order valence-electron chi connectivity index (χ0n) is 19.2. The highest BCUT2D eigenvalue weighted by Crippen LogP contribution is 2.16. The first kappa shape index (κ1) is 23.4. The molecular weight excluding hydrogens is 394 g/mol. The van der Waals surface area contributed by atoms with E-state index < -0.39 is 0 Å². The van der Waals surface area contributed by atoms with Crippen LogP contribution in [-0.4, -0.2) is 76.6 Å². The summed E-state index contributed by atoms with van der Waals surface area (Å²) in [5.74, 6) is 1.36. The van der Waals surface area contributed by atoms with E-state index in [0.29, 0.717) is 31.4 Å². The Labute approximate surface area is 185 Å². The van der Waals surface area contributed by atoms with Crippen LogP contribution in [0, 0.1) is 0 Å². The molecule has 1 amide bonds. The summed E-state index contributed by atoms with van der Waals surface area (Å²) in [5.41, 5.74) is 1.14. The van der Waals surface area contributed by atoms with E-state index in [1.165, 1.54) is 0 Å². The predicted molar refractivity (Wildman–Crippen MR) is 118 cm³/mol. The molecule has 31 heavy (non-hydrogen) atoms. The van der Waals surface area contributed by atoms with Gasteiger partial charge in [0.05, 0.1) is 12.6 Å². The van der Waals surface area contributed by atoms with Crippen molar-refractivity contribution in [1.82, 2.24) is 24.8 Å². The van der Waals surface area contributed by atoms with Crippen LogP contribution >= 0.6 is 0 Å². The molecule has 2 aromatic rings. The first-order chi connectivity index (χ1) is 15.0. The summed E-state index contributed by atoms with van der Waals surface area (Å²) in [4.78, 5) is 23.9. The molecule has 8 heteroatoms. The van der Waals surface area contributed by atoms with Crippen LogP contribution in [0.25, 0.3) is 0 Å². The molecule has 0 spiro atoms. The maximum Gasteiger partial charge on any atom is 0.240 e. The Morgan fingerprint density at radius 1 is 1.19 bits per heavy atom. The number of benzene rings is 1. The van der Waals surface area contributed by atoms with Gasteiger partial charge in [-0.15, -0.1) is 0 Å². The summed E-state index contributed by atoms with van der Waals surface area (Å²) in [5, 5.41) is 4.05. The van der Waals surface area contributed by atoms with Crippen molar-refractivity contribution in [3.8, 4) is 0 Å². The lowest BCUT2D eigenvalue weighted by Crippen LogP contribution is -2.46. The fraction of sp³-hybridized carbons (Fsp3) is 0.609. The number of rotatable bonds is 9. The third-order valence-corrected chi connectivity index (χ3v) is 5.79. The maximum absolute atomic E-state index is 13.0. The Balaban J connectivity index is 1.50. The molecule has 8 nitrogen and oxygen atoms in total. The van der Waals surface area contributed by atoms with Gasteiger partial charge in [-0.1, -0.05) is 35.5 Å². The number of likely N-dealkylation sites (N-methyl/N-ethyl adjacent to an activating group) is 1. The monoisotopic (exact) mass is 429 g/mol. The summed E-state index contributed by atoms with van der Waals surface area (Å²) in [7, 11) is 1.88. The number of aromatic nitrogens is 2. The maximum atomic E-state index is 13.0. The lowest BCUT2D eigenvalue weighted by molar-refractivity contribution is -0.135.